The summed E-state index contributed by atoms with van der Waals surface area (Å²) in [5.74, 6) is -0.583. The molecule has 6 heteroatoms. The van der Waals surface area contributed by atoms with Gasteiger partial charge in [0.15, 0.2) is 0 Å². The number of hydrogen-bond acceptors (Lipinski definition) is 4. The zero-order valence-corrected chi connectivity index (χ0v) is 12.1. The Morgan fingerprint density at radius 3 is 2.24 bits per heavy atom. The number of aromatic nitrogens is 2. The molecule has 0 aliphatic rings. The number of hydrogen-bond donors (Lipinski definition) is 0. The SMILES string of the molecule is COC(=O)Cn1ccn(-c2cc(C)cc(C)c2)c(=O)c1=O. The third-order valence-electron chi connectivity index (χ3n) is 3.07. The van der Waals surface area contributed by atoms with Crippen LogP contribution in [-0.4, -0.2) is 22.2 Å². The van der Waals surface area contributed by atoms with Crippen molar-refractivity contribution in [2.75, 3.05) is 7.11 Å². The molecule has 1 aromatic heterocycles. The monoisotopic (exact) mass is 288 g/mol. The number of methoxy groups -OCH3 is 1. The highest BCUT2D eigenvalue weighted by Crippen LogP contribution is 2.11. The molecule has 1 aromatic carbocycles. The van der Waals surface area contributed by atoms with Gasteiger partial charge in [-0.2, -0.15) is 0 Å². The lowest BCUT2D eigenvalue weighted by Crippen LogP contribution is -2.41. The molecule has 0 fully saturated rings. The van der Waals surface area contributed by atoms with Gasteiger partial charge in [-0.25, -0.2) is 0 Å². The van der Waals surface area contributed by atoms with Crippen molar-refractivity contribution in [3.63, 3.8) is 0 Å². The molecule has 6 nitrogen and oxygen atoms in total. The van der Waals surface area contributed by atoms with Gasteiger partial charge in [-0.15, -0.1) is 0 Å². The highest BCUT2D eigenvalue weighted by atomic mass is 16.5. The van der Waals surface area contributed by atoms with E-state index in [1.54, 1.807) is 0 Å². The van der Waals surface area contributed by atoms with E-state index in [2.05, 4.69) is 4.74 Å². The summed E-state index contributed by atoms with van der Waals surface area (Å²) >= 11 is 0. The van der Waals surface area contributed by atoms with E-state index in [0.717, 1.165) is 15.7 Å². The van der Waals surface area contributed by atoms with Crippen LogP contribution >= 0.6 is 0 Å². The summed E-state index contributed by atoms with van der Waals surface area (Å²) in [6, 6.07) is 5.62. The molecule has 1 heterocycles. The summed E-state index contributed by atoms with van der Waals surface area (Å²) in [5.41, 5.74) is 1.15. The molecule has 2 aromatic rings. The average Bonchev–Trinajstić information content (AvgIpc) is 2.42. The minimum atomic E-state index is -0.762. The largest absolute Gasteiger partial charge is 0.468 e. The van der Waals surface area contributed by atoms with Crippen LogP contribution in [0.15, 0.2) is 40.2 Å². The van der Waals surface area contributed by atoms with Crippen molar-refractivity contribution < 1.29 is 9.53 Å². The van der Waals surface area contributed by atoms with Gasteiger partial charge in [-0.1, -0.05) is 6.07 Å². The quantitative estimate of drug-likeness (QED) is 0.618. The fourth-order valence-corrected chi connectivity index (χ4v) is 2.13. The number of rotatable bonds is 3. The molecule has 0 bridgehead atoms. The lowest BCUT2D eigenvalue weighted by molar-refractivity contribution is -0.141. The van der Waals surface area contributed by atoms with Crippen LogP contribution in [0.4, 0.5) is 0 Å². The Kier molecular flexibility index (Phi) is 4.07. The molecule has 110 valence electrons. The van der Waals surface area contributed by atoms with Crippen molar-refractivity contribution in [3.05, 3.63) is 62.4 Å². The summed E-state index contributed by atoms with van der Waals surface area (Å²) in [5, 5.41) is 0. The second-order valence-corrected chi connectivity index (χ2v) is 4.83. The normalized spacial score (nSPS) is 10.4. The lowest BCUT2D eigenvalue weighted by atomic mass is 10.1. The standard InChI is InChI=1S/C15H16N2O4/c1-10-6-11(2)8-12(7-10)17-5-4-16(9-13(18)21-3)14(19)15(17)20/h4-8H,9H2,1-3H3. The fraction of sp³-hybridized carbons (Fsp3) is 0.267. The third kappa shape index (κ3) is 3.10. The van der Waals surface area contributed by atoms with Gasteiger partial charge in [0.1, 0.15) is 6.54 Å². The van der Waals surface area contributed by atoms with E-state index >= 15 is 0 Å². The zero-order chi connectivity index (χ0) is 15.6. The first-order valence-electron chi connectivity index (χ1n) is 6.40. The molecule has 0 N–H and O–H groups in total. The number of aryl methyl sites for hydroxylation is 2. The molecule has 0 unspecified atom stereocenters. The van der Waals surface area contributed by atoms with E-state index in [0.29, 0.717) is 5.69 Å². The second-order valence-electron chi connectivity index (χ2n) is 4.83. The highest BCUT2D eigenvalue weighted by molar-refractivity contribution is 5.68. The Bertz CT molecular complexity index is 782. The molecule has 0 aliphatic carbocycles. The number of ether oxygens (including phenoxy) is 1. The van der Waals surface area contributed by atoms with Gasteiger partial charge in [0.2, 0.25) is 0 Å². The van der Waals surface area contributed by atoms with Crippen LogP contribution in [0.1, 0.15) is 11.1 Å². The predicted molar refractivity (Wildman–Crippen MR) is 77.8 cm³/mol. The van der Waals surface area contributed by atoms with Gasteiger partial charge in [-0.05, 0) is 37.1 Å². The van der Waals surface area contributed by atoms with Crippen LogP contribution in [0.2, 0.25) is 0 Å². The Morgan fingerprint density at radius 1 is 1.05 bits per heavy atom. The Morgan fingerprint density at radius 2 is 1.67 bits per heavy atom. The van der Waals surface area contributed by atoms with Crippen LogP contribution in [-0.2, 0) is 16.1 Å². The van der Waals surface area contributed by atoms with Crippen molar-refractivity contribution in [3.8, 4) is 5.69 Å². The molecule has 0 saturated heterocycles. The van der Waals surface area contributed by atoms with Crippen molar-refractivity contribution in [2.24, 2.45) is 0 Å². The van der Waals surface area contributed by atoms with E-state index in [1.165, 1.54) is 24.1 Å². The van der Waals surface area contributed by atoms with E-state index in [1.807, 2.05) is 32.0 Å². The van der Waals surface area contributed by atoms with Crippen LogP contribution in [0.25, 0.3) is 5.69 Å². The average molecular weight is 288 g/mol. The Balaban J connectivity index is 2.53. The number of carbonyl (C=O) groups is 1. The minimum absolute atomic E-state index is 0.280. The first kappa shape index (κ1) is 14.8. The van der Waals surface area contributed by atoms with Gasteiger partial charge in [-0.3, -0.25) is 23.5 Å². The number of esters is 1. The van der Waals surface area contributed by atoms with Crippen molar-refractivity contribution in [2.45, 2.75) is 20.4 Å². The molecule has 0 atom stereocenters. The summed E-state index contributed by atoms with van der Waals surface area (Å²) in [6.45, 7) is 3.55. The van der Waals surface area contributed by atoms with E-state index < -0.39 is 17.1 Å². The lowest BCUT2D eigenvalue weighted by Gasteiger charge is -2.09. The van der Waals surface area contributed by atoms with Gasteiger partial charge in [0.05, 0.1) is 7.11 Å². The van der Waals surface area contributed by atoms with Crippen LogP contribution in [0, 0.1) is 13.8 Å². The maximum atomic E-state index is 12.2. The van der Waals surface area contributed by atoms with Gasteiger partial charge in [0, 0.05) is 18.1 Å². The molecular weight excluding hydrogens is 272 g/mol. The molecule has 0 aliphatic heterocycles. The van der Waals surface area contributed by atoms with E-state index in [4.69, 9.17) is 0 Å². The Hall–Kier alpha value is -2.63. The maximum Gasteiger partial charge on any atom is 0.325 e. The van der Waals surface area contributed by atoms with Gasteiger partial charge in [0.25, 0.3) is 0 Å². The summed E-state index contributed by atoms with van der Waals surface area (Å²) in [7, 11) is 1.23. The minimum Gasteiger partial charge on any atom is -0.468 e. The molecular formula is C15H16N2O4. The second kappa shape index (κ2) is 5.78. The van der Waals surface area contributed by atoms with Crippen molar-refractivity contribution in [1.82, 2.24) is 9.13 Å². The van der Waals surface area contributed by atoms with Crippen molar-refractivity contribution >= 4 is 5.97 Å². The number of nitrogens with zero attached hydrogens (tertiary/aromatic N) is 2. The van der Waals surface area contributed by atoms with Crippen molar-refractivity contribution in [1.29, 1.82) is 0 Å². The zero-order valence-electron chi connectivity index (χ0n) is 12.1. The first-order chi connectivity index (χ1) is 9.92. The summed E-state index contributed by atoms with van der Waals surface area (Å²) in [6.07, 6.45) is 2.87. The molecule has 2 rings (SSSR count). The van der Waals surface area contributed by atoms with Crippen LogP contribution < -0.4 is 11.1 Å². The van der Waals surface area contributed by atoms with Crippen LogP contribution in [0.5, 0.6) is 0 Å². The molecule has 0 saturated carbocycles. The third-order valence-corrected chi connectivity index (χ3v) is 3.07. The molecule has 0 amide bonds. The maximum absolute atomic E-state index is 12.2. The summed E-state index contributed by atoms with van der Waals surface area (Å²) < 4.78 is 6.80. The summed E-state index contributed by atoms with van der Waals surface area (Å²) in [4.78, 5) is 35.4. The fourth-order valence-electron chi connectivity index (χ4n) is 2.13. The highest BCUT2D eigenvalue weighted by Gasteiger charge is 2.10. The molecule has 21 heavy (non-hydrogen) atoms. The van der Waals surface area contributed by atoms with Gasteiger partial charge >= 0.3 is 17.1 Å². The van der Waals surface area contributed by atoms with Crippen LogP contribution in [0.3, 0.4) is 0 Å². The van der Waals surface area contributed by atoms with E-state index in [9.17, 15) is 14.4 Å². The predicted octanol–water partition coefficient (Wildman–Crippen LogP) is 0.789. The smallest absolute Gasteiger partial charge is 0.325 e. The Labute approximate surface area is 121 Å². The number of benzene rings is 1. The molecule has 0 spiro atoms. The number of carbonyl (C=O) groups excluding carboxylic acids is 1. The van der Waals surface area contributed by atoms with Gasteiger partial charge < -0.3 is 4.74 Å². The van der Waals surface area contributed by atoms with E-state index in [-0.39, 0.29) is 6.54 Å². The molecule has 0 radical (unpaired) electrons. The first-order valence-corrected chi connectivity index (χ1v) is 6.40. The topological polar surface area (TPSA) is 70.3 Å².